The van der Waals surface area contributed by atoms with Crippen LogP contribution in [0.2, 0.25) is 5.02 Å². The molecule has 0 radical (unpaired) electrons. The molecule has 1 aromatic heterocycles. The fourth-order valence-electron chi connectivity index (χ4n) is 2.56. The molecule has 0 spiro atoms. The third-order valence-corrected chi connectivity index (χ3v) is 3.82. The van der Waals surface area contributed by atoms with Crippen molar-refractivity contribution in [3.8, 4) is 0 Å². The molecule has 1 heterocycles. The highest BCUT2D eigenvalue weighted by Gasteiger charge is 2.23. The molecule has 104 valence electrons. The number of rotatable bonds is 4. The Bertz CT molecular complexity index is 572. The Morgan fingerprint density at radius 3 is 2.47 bits per heavy atom. The van der Waals surface area contributed by atoms with Crippen LogP contribution in [-0.4, -0.2) is 16.1 Å². The highest BCUT2D eigenvalue weighted by atomic mass is 35.5. The van der Waals surface area contributed by atoms with E-state index in [0.717, 1.165) is 21.9 Å². The van der Waals surface area contributed by atoms with Crippen molar-refractivity contribution in [2.24, 2.45) is 11.7 Å². The minimum Gasteiger partial charge on any atom is -0.330 e. The van der Waals surface area contributed by atoms with E-state index >= 15 is 0 Å². The Labute approximate surface area is 119 Å². The second-order valence-electron chi connectivity index (χ2n) is 5.65. The number of aromatic nitrogens is 2. The van der Waals surface area contributed by atoms with Gasteiger partial charge in [-0.3, -0.25) is 0 Å². The van der Waals surface area contributed by atoms with E-state index in [1.54, 1.807) is 0 Å². The number of fused-ring (bicyclic) bond motifs is 1. The minimum absolute atomic E-state index is 0.272. The van der Waals surface area contributed by atoms with Crippen LogP contribution in [0.4, 0.5) is 0 Å². The summed E-state index contributed by atoms with van der Waals surface area (Å²) in [5, 5.41) is 0.745. The molecular weight excluding hydrogens is 258 g/mol. The fraction of sp³-hybridized carbons (Fsp3) is 0.533. The van der Waals surface area contributed by atoms with Crippen LogP contribution in [0.15, 0.2) is 18.2 Å². The molecule has 0 aliphatic rings. The molecule has 4 heteroatoms. The van der Waals surface area contributed by atoms with Crippen molar-refractivity contribution >= 4 is 22.6 Å². The number of hydrogen-bond acceptors (Lipinski definition) is 2. The predicted molar refractivity (Wildman–Crippen MR) is 81.8 cm³/mol. The summed E-state index contributed by atoms with van der Waals surface area (Å²) in [5.41, 5.74) is 8.03. The molecule has 0 fully saturated rings. The van der Waals surface area contributed by atoms with E-state index in [4.69, 9.17) is 22.3 Å². The van der Waals surface area contributed by atoms with Gasteiger partial charge in [-0.1, -0.05) is 25.4 Å². The van der Waals surface area contributed by atoms with Gasteiger partial charge >= 0.3 is 0 Å². The summed E-state index contributed by atoms with van der Waals surface area (Å²) in [5.74, 6) is 1.81. The monoisotopic (exact) mass is 279 g/mol. The van der Waals surface area contributed by atoms with Gasteiger partial charge in [0.2, 0.25) is 0 Å². The zero-order chi connectivity index (χ0) is 14.2. The first-order chi connectivity index (χ1) is 8.95. The van der Waals surface area contributed by atoms with Gasteiger partial charge in [-0.05, 0) is 38.0 Å². The van der Waals surface area contributed by atoms with Crippen LogP contribution in [0.1, 0.15) is 45.5 Å². The summed E-state index contributed by atoms with van der Waals surface area (Å²) >= 11 is 6.11. The number of nitrogens with two attached hydrogens (primary N) is 1. The summed E-state index contributed by atoms with van der Waals surface area (Å²) < 4.78 is 2.26. The molecule has 2 aromatic rings. The molecule has 2 rings (SSSR count). The van der Waals surface area contributed by atoms with Crippen LogP contribution < -0.4 is 5.73 Å². The molecule has 1 unspecified atom stereocenters. The molecule has 2 N–H and O–H groups in total. The average Bonchev–Trinajstić information content (AvgIpc) is 2.67. The number of halogens is 1. The largest absolute Gasteiger partial charge is 0.330 e. The molecule has 0 aliphatic carbocycles. The standard InChI is InChI=1S/C15H22ClN3/c1-9(2)12(8-17)15-18-13-6-5-11(16)7-14(13)19(15)10(3)4/h5-7,9-10,12H,8,17H2,1-4H3. The van der Waals surface area contributed by atoms with Crippen molar-refractivity contribution in [2.75, 3.05) is 6.54 Å². The quantitative estimate of drug-likeness (QED) is 0.920. The molecule has 0 saturated carbocycles. The Kier molecular flexibility index (Phi) is 4.16. The van der Waals surface area contributed by atoms with E-state index in [-0.39, 0.29) is 5.92 Å². The van der Waals surface area contributed by atoms with Gasteiger partial charge in [-0.15, -0.1) is 0 Å². The summed E-state index contributed by atoms with van der Waals surface area (Å²) in [4.78, 5) is 4.79. The molecule has 0 saturated heterocycles. The number of hydrogen-bond donors (Lipinski definition) is 1. The SMILES string of the molecule is CC(C)C(CN)c1nc2ccc(Cl)cc2n1C(C)C. The molecule has 19 heavy (non-hydrogen) atoms. The lowest BCUT2D eigenvalue weighted by molar-refractivity contribution is 0.449. The molecule has 0 bridgehead atoms. The van der Waals surface area contributed by atoms with Crippen molar-refractivity contribution in [1.29, 1.82) is 0 Å². The first-order valence-corrected chi connectivity index (χ1v) is 7.21. The van der Waals surface area contributed by atoms with E-state index in [1.165, 1.54) is 0 Å². The van der Waals surface area contributed by atoms with Gasteiger partial charge in [0.25, 0.3) is 0 Å². The van der Waals surface area contributed by atoms with Gasteiger partial charge in [0.05, 0.1) is 11.0 Å². The van der Waals surface area contributed by atoms with E-state index in [9.17, 15) is 0 Å². The van der Waals surface area contributed by atoms with Gasteiger partial charge in [0.1, 0.15) is 5.82 Å². The molecule has 0 aliphatic heterocycles. The van der Waals surface area contributed by atoms with Crippen LogP contribution >= 0.6 is 11.6 Å². The molecule has 3 nitrogen and oxygen atoms in total. The lowest BCUT2D eigenvalue weighted by Gasteiger charge is -2.22. The highest BCUT2D eigenvalue weighted by molar-refractivity contribution is 6.31. The molecule has 1 atom stereocenters. The average molecular weight is 280 g/mol. The maximum Gasteiger partial charge on any atom is 0.114 e. The molecule has 1 aromatic carbocycles. The molecule has 0 amide bonds. The van der Waals surface area contributed by atoms with Crippen molar-refractivity contribution in [3.63, 3.8) is 0 Å². The summed E-state index contributed by atoms with van der Waals surface area (Å²) in [6.45, 7) is 9.32. The maximum absolute atomic E-state index is 6.11. The number of benzene rings is 1. The van der Waals surface area contributed by atoms with Crippen LogP contribution in [0.25, 0.3) is 11.0 Å². The fourth-order valence-corrected chi connectivity index (χ4v) is 2.73. The second kappa shape index (κ2) is 5.51. The number of nitrogens with zero attached hydrogens (tertiary/aromatic N) is 2. The minimum atomic E-state index is 0.272. The highest BCUT2D eigenvalue weighted by Crippen LogP contribution is 2.30. The topological polar surface area (TPSA) is 43.8 Å². The number of imidazole rings is 1. The van der Waals surface area contributed by atoms with Crippen molar-refractivity contribution in [1.82, 2.24) is 9.55 Å². The normalized spacial score (nSPS) is 13.7. The Morgan fingerprint density at radius 2 is 1.95 bits per heavy atom. The zero-order valence-corrected chi connectivity index (χ0v) is 12.8. The Balaban J connectivity index is 2.69. The summed E-state index contributed by atoms with van der Waals surface area (Å²) in [7, 11) is 0. The van der Waals surface area contributed by atoms with E-state index in [1.807, 2.05) is 18.2 Å². The maximum atomic E-state index is 6.11. The zero-order valence-electron chi connectivity index (χ0n) is 12.0. The van der Waals surface area contributed by atoms with Crippen LogP contribution in [0.3, 0.4) is 0 Å². The van der Waals surface area contributed by atoms with Gasteiger partial charge < -0.3 is 10.3 Å². The van der Waals surface area contributed by atoms with Gasteiger partial charge in [0, 0.05) is 23.5 Å². The Hall–Kier alpha value is -1.06. The van der Waals surface area contributed by atoms with Crippen molar-refractivity contribution in [3.05, 3.63) is 29.0 Å². The lowest BCUT2D eigenvalue weighted by Crippen LogP contribution is -2.22. The van der Waals surface area contributed by atoms with Crippen LogP contribution in [0.5, 0.6) is 0 Å². The molecular formula is C15H22ClN3. The first kappa shape index (κ1) is 14.4. The second-order valence-corrected chi connectivity index (χ2v) is 6.09. The smallest absolute Gasteiger partial charge is 0.114 e. The van der Waals surface area contributed by atoms with Crippen molar-refractivity contribution < 1.29 is 0 Å². The van der Waals surface area contributed by atoms with Crippen LogP contribution in [0, 0.1) is 5.92 Å². The van der Waals surface area contributed by atoms with E-state index in [0.29, 0.717) is 18.5 Å². The third-order valence-electron chi connectivity index (χ3n) is 3.59. The summed E-state index contributed by atoms with van der Waals surface area (Å²) in [6, 6.07) is 6.19. The summed E-state index contributed by atoms with van der Waals surface area (Å²) in [6.07, 6.45) is 0. The van der Waals surface area contributed by atoms with Gasteiger partial charge in [-0.25, -0.2) is 4.98 Å². The van der Waals surface area contributed by atoms with E-state index in [2.05, 4.69) is 32.3 Å². The van der Waals surface area contributed by atoms with Crippen LogP contribution in [-0.2, 0) is 0 Å². The Morgan fingerprint density at radius 1 is 1.26 bits per heavy atom. The predicted octanol–water partition coefficient (Wildman–Crippen LogP) is 3.97. The lowest BCUT2D eigenvalue weighted by atomic mass is 9.95. The van der Waals surface area contributed by atoms with E-state index < -0.39 is 0 Å². The first-order valence-electron chi connectivity index (χ1n) is 6.83. The van der Waals surface area contributed by atoms with Gasteiger partial charge in [0.15, 0.2) is 0 Å². The van der Waals surface area contributed by atoms with Gasteiger partial charge in [-0.2, -0.15) is 0 Å². The third kappa shape index (κ3) is 2.63. The van der Waals surface area contributed by atoms with Crippen molar-refractivity contribution in [2.45, 2.75) is 39.7 Å².